The molecule has 2 unspecified atom stereocenters. The van der Waals surface area contributed by atoms with Crippen molar-refractivity contribution in [3.8, 4) is 11.8 Å². The highest BCUT2D eigenvalue weighted by Gasteiger charge is 2.36. The maximum atomic E-state index is 12.4. The number of esters is 1. The Bertz CT molecular complexity index is 848. The molecular weight excluding hydrogens is 352 g/mol. The van der Waals surface area contributed by atoms with E-state index in [1.54, 1.807) is 38.1 Å². The number of benzene rings is 1. The standard InChI is InChI=1S/C19H20N2O6/c1-4-25-19(24)15-10(2)27-17(21)14(9-20)16(15)12-5-7-13(8-6-12)26-11(3)18(22)23/h5-8,11,16H,4,21H2,1-3H3,(H,22,23). The molecule has 8 nitrogen and oxygen atoms in total. The van der Waals surface area contributed by atoms with Crippen LogP contribution in [0.4, 0.5) is 0 Å². The van der Waals surface area contributed by atoms with E-state index in [1.165, 1.54) is 6.92 Å². The van der Waals surface area contributed by atoms with Gasteiger partial charge >= 0.3 is 11.9 Å². The quantitative estimate of drug-likeness (QED) is 0.726. The zero-order valence-corrected chi connectivity index (χ0v) is 15.2. The van der Waals surface area contributed by atoms with E-state index < -0.39 is 24.0 Å². The van der Waals surface area contributed by atoms with Gasteiger partial charge in [0.25, 0.3) is 0 Å². The van der Waals surface area contributed by atoms with E-state index in [9.17, 15) is 14.9 Å². The molecule has 0 saturated heterocycles. The smallest absolute Gasteiger partial charge is 0.344 e. The summed E-state index contributed by atoms with van der Waals surface area (Å²) in [6, 6.07) is 8.39. The molecule has 2 atom stereocenters. The lowest BCUT2D eigenvalue weighted by Gasteiger charge is -2.27. The first-order valence-electron chi connectivity index (χ1n) is 8.25. The monoisotopic (exact) mass is 372 g/mol. The molecule has 2 rings (SSSR count). The minimum atomic E-state index is -1.09. The molecule has 1 aliphatic rings. The largest absolute Gasteiger partial charge is 0.479 e. The Morgan fingerprint density at radius 1 is 1.37 bits per heavy atom. The van der Waals surface area contributed by atoms with Gasteiger partial charge < -0.3 is 25.1 Å². The number of carbonyl (C=O) groups excluding carboxylic acids is 1. The fraction of sp³-hybridized carbons (Fsp3) is 0.316. The third-order valence-corrected chi connectivity index (χ3v) is 3.98. The lowest BCUT2D eigenvalue weighted by molar-refractivity contribution is -0.144. The molecule has 8 heteroatoms. The third-order valence-electron chi connectivity index (χ3n) is 3.98. The van der Waals surface area contributed by atoms with Gasteiger partial charge in [0.1, 0.15) is 23.2 Å². The molecule has 0 fully saturated rings. The number of aliphatic carboxylic acids is 1. The van der Waals surface area contributed by atoms with Gasteiger partial charge in [-0.15, -0.1) is 0 Å². The highest BCUT2D eigenvalue weighted by atomic mass is 16.5. The van der Waals surface area contributed by atoms with Crippen molar-refractivity contribution in [3.05, 3.63) is 52.6 Å². The summed E-state index contributed by atoms with van der Waals surface area (Å²) in [5.74, 6) is -1.92. The molecule has 0 bridgehead atoms. The Kier molecular flexibility index (Phi) is 6.08. The summed E-state index contributed by atoms with van der Waals surface area (Å²) in [5.41, 5.74) is 6.71. The Morgan fingerprint density at radius 3 is 2.52 bits per heavy atom. The van der Waals surface area contributed by atoms with Crippen molar-refractivity contribution in [2.24, 2.45) is 5.73 Å². The van der Waals surface area contributed by atoms with E-state index in [-0.39, 0.29) is 29.4 Å². The predicted molar refractivity (Wildman–Crippen MR) is 94.2 cm³/mol. The summed E-state index contributed by atoms with van der Waals surface area (Å²) in [7, 11) is 0. The fourth-order valence-electron chi connectivity index (χ4n) is 2.68. The van der Waals surface area contributed by atoms with Gasteiger partial charge in [0, 0.05) is 0 Å². The molecule has 1 aromatic carbocycles. The molecule has 27 heavy (non-hydrogen) atoms. The maximum Gasteiger partial charge on any atom is 0.344 e. The van der Waals surface area contributed by atoms with Crippen molar-refractivity contribution < 1.29 is 28.9 Å². The number of hydrogen-bond donors (Lipinski definition) is 2. The van der Waals surface area contributed by atoms with Gasteiger partial charge in [-0.2, -0.15) is 5.26 Å². The van der Waals surface area contributed by atoms with E-state index in [0.717, 1.165) is 0 Å². The Balaban J connectivity index is 2.44. The summed E-state index contributed by atoms with van der Waals surface area (Å²) < 4.78 is 15.7. The predicted octanol–water partition coefficient (Wildman–Crippen LogP) is 2.18. The van der Waals surface area contributed by atoms with E-state index in [2.05, 4.69) is 0 Å². The molecule has 142 valence electrons. The summed E-state index contributed by atoms with van der Waals surface area (Å²) in [5, 5.41) is 18.4. The third kappa shape index (κ3) is 4.20. The number of carboxylic acid groups (broad SMARTS) is 1. The van der Waals surface area contributed by atoms with Crippen LogP contribution in [0, 0.1) is 11.3 Å². The Morgan fingerprint density at radius 2 is 2.00 bits per heavy atom. The Labute approximate surface area is 156 Å². The first kappa shape index (κ1) is 19.8. The van der Waals surface area contributed by atoms with Crippen LogP contribution in [0.25, 0.3) is 0 Å². The molecule has 1 heterocycles. The van der Waals surface area contributed by atoms with Crippen molar-refractivity contribution in [1.82, 2.24) is 0 Å². The van der Waals surface area contributed by atoms with E-state index in [0.29, 0.717) is 11.3 Å². The Hall–Kier alpha value is -3.47. The summed E-state index contributed by atoms with van der Waals surface area (Å²) >= 11 is 0. The first-order valence-corrected chi connectivity index (χ1v) is 8.25. The highest BCUT2D eigenvalue weighted by molar-refractivity contribution is 5.92. The normalized spacial score (nSPS) is 17.6. The number of nitrogens with two attached hydrogens (primary N) is 1. The van der Waals surface area contributed by atoms with Gasteiger partial charge in [0.2, 0.25) is 5.88 Å². The van der Waals surface area contributed by atoms with Gasteiger partial charge in [-0.1, -0.05) is 12.1 Å². The number of nitriles is 1. The average Bonchev–Trinajstić information content (AvgIpc) is 2.61. The lowest BCUT2D eigenvalue weighted by atomic mass is 9.83. The van der Waals surface area contributed by atoms with E-state index in [1.807, 2.05) is 6.07 Å². The van der Waals surface area contributed by atoms with Crippen LogP contribution in [0.3, 0.4) is 0 Å². The number of ether oxygens (including phenoxy) is 3. The van der Waals surface area contributed by atoms with Crippen molar-refractivity contribution in [3.63, 3.8) is 0 Å². The topological polar surface area (TPSA) is 132 Å². The van der Waals surface area contributed by atoms with Crippen LogP contribution < -0.4 is 10.5 Å². The highest BCUT2D eigenvalue weighted by Crippen LogP contribution is 2.39. The zero-order valence-electron chi connectivity index (χ0n) is 15.2. The minimum Gasteiger partial charge on any atom is -0.479 e. The number of carbonyl (C=O) groups is 2. The second-order valence-electron chi connectivity index (χ2n) is 5.78. The summed E-state index contributed by atoms with van der Waals surface area (Å²) in [6.45, 7) is 4.84. The second-order valence-corrected chi connectivity index (χ2v) is 5.78. The molecular formula is C19H20N2O6. The van der Waals surface area contributed by atoms with Gasteiger partial charge in [-0.25, -0.2) is 9.59 Å². The molecule has 0 spiro atoms. The van der Waals surface area contributed by atoms with E-state index >= 15 is 0 Å². The molecule has 0 saturated carbocycles. The summed E-state index contributed by atoms with van der Waals surface area (Å²) in [6.07, 6.45) is -1.01. The van der Waals surface area contributed by atoms with Gasteiger partial charge in [-0.3, -0.25) is 0 Å². The van der Waals surface area contributed by atoms with Crippen LogP contribution in [0.1, 0.15) is 32.3 Å². The lowest BCUT2D eigenvalue weighted by Crippen LogP contribution is -2.25. The van der Waals surface area contributed by atoms with Crippen molar-refractivity contribution >= 4 is 11.9 Å². The number of rotatable bonds is 6. The van der Waals surface area contributed by atoms with Gasteiger partial charge in [0.05, 0.1) is 18.1 Å². The number of carboxylic acids is 1. The summed E-state index contributed by atoms with van der Waals surface area (Å²) in [4.78, 5) is 23.3. The number of hydrogen-bond acceptors (Lipinski definition) is 7. The zero-order chi connectivity index (χ0) is 20.1. The van der Waals surface area contributed by atoms with Crippen molar-refractivity contribution in [1.29, 1.82) is 5.26 Å². The molecule has 1 aromatic rings. The van der Waals surface area contributed by atoms with Crippen LogP contribution in [0.5, 0.6) is 5.75 Å². The van der Waals surface area contributed by atoms with Crippen LogP contribution in [-0.2, 0) is 19.1 Å². The van der Waals surface area contributed by atoms with Crippen LogP contribution in [-0.4, -0.2) is 29.8 Å². The molecule has 0 aromatic heterocycles. The molecule has 0 amide bonds. The molecule has 1 aliphatic heterocycles. The minimum absolute atomic E-state index is 0.0760. The first-order chi connectivity index (χ1) is 12.8. The van der Waals surface area contributed by atoms with Crippen molar-refractivity contribution in [2.45, 2.75) is 32.8 Å². The van der Waals surface area contributed by atoms with E-state index in [4.69, 9.17) is 25.1 Å². The number of allylic oxidation sites excluding steroid dienone is 2. The SMILES string of the molecule is CCOC(=O)C1=C(C)OC(N)=C(C#N)C1c1ccc(OC(C)C(=O)O)cc1. The maximum absolute atomic E-state index is 12.4. The van der Waals surface area contributed by atoms with Crippen LogP contribution >= 0.6 is 0 Å². The molecule has 3 N–H and O–H groups in total. The van der Waals surface area contributed by atoms with Crippen molar-refractivity contribution in [2.75, 3.05) is 6.61 Å². The molecule has 0 radical (unpaired) electrons. The average molecular weight is 372 g/mol. The molecule has 0 aliphatic carbocycles. The van der Waals surface area contributed by atoms with Crippen LogP contribution in [0.2, 0.25) is 0 Å². The number of nitrogens with zero attached hydrogens (tertiary/aromatic N) is 1. The van der Waals surface area contributed by atoms with Gasteiger partial charge in [0.15, 0.2) is 6.10 Å². The second kappa shape index (κ2) is 8.27. The fourth-order valence-corrected chi connectivity index (χ4v) is 2.68. The van der Waals surface area contributed by atoms with Crippen LogP contribution in [0.15, 0.2) is 47.1 Å². The van der Waals surface area contributed by atoms with Gasteiger partial charge in [-0.05, 0) is 38.5 Å².